The van der Waals surface area contributed by atoms with Crippen LogP contribution in [0.3, 0.4) is 0 Å². The molecule has 0 aliphatic rings. The van der Waals surface area contributed by atoms with Crippen LogP contribution in [0.4, 0.5) is 5.69 Å². The fraction of sp³-hybridized carbons (Fsp3) is 0.167. The number of non-ortho nitro benzene ring substituents is 1. The molecule has 3 aromatic rings. The lowest BCUT2D eigenvalue weighted by molar-refractivity contribution is -0.384. The highest BCUT2D eigenvalue weighted by Gasteiger charge is 2.11. The number of hydrogen-bond donors (Lipinski definition) is 0. The topological polar surface area (TPSA) is 82.6 Å². The summed E-state index contributed by atoms with van der Waals surface area (Å²) in [4.78, 5) is 21.8. The van der Waals surface area contributed by atoms with Gasteiger partial charge in [0.05, 0.1) is 10.3 Å². The summed E-state index contributed by atoms with van der Waals surface area (Å²) in [5.74, 6) is 0.615. The standard InChI is InChI=1S/C18H15NO5/c1-11-7-15(18-12(2)9-17(20)24-16(18)8-11)23-10-13-3-5-14(6-4-13)19(21)22/h3-9H,10H2,1-2H3. The lowest BCUT2D eigenvalue weighted by Gasteiger charge is -2.11. The van der Waals surface area contributed by atoms with Crippen LogP contribution < -0.4 is 10.4 Å². The van der Waals surface area contributed by atoms with Crippen LogP contribution in [0.25, 0.3) is 11.0 Å². The summed E-state index contributed by atoms with van der Waals surface area (Å²) in [7, 11) is 0. The molecule has 0 saturated heterocycles. The Morgan fingerprint density at radius 3 is 2.50 bits per heavy atom. The van der Waals surface area contributed by atoms with E-state index in [0.29, 0.717) is 11.3 Å². The number of nitrogens with zero attached hydrogens (tertiary/aromatic N) is 1. The molecule has 0 radical (unpaired) electrons. The number of aryl methyl sites for hydroxylation is 2. The largest absolute Gasteiger partial charge is 0.488 e. The van der Waals surface area contributed by atoms with Crippen LogP contribution in [0.5, 0.6) is 5.75 Å². The molecule has 0 amide bonds. The van der Waals surface area contributed by atoms with E-state index in [1.807, 2.05) is 19.9 Å². The molecule has 0 unspecified atom stereocenters. The molecule has 122 valence electrons. The molecule has 0 N–H and O–H groups in total. The van der Waals surface area contributed by atoms with Crippen molar-refractivity contribution in [3.05, 3.63) is 79.7 Å². The summed E-state index contributed by atoms with van der Waals surface area (Å²) in [6.45, 7) is 3.98. The number of rotatable bonds is 4. The molecule has 6 heteroatoms. The second kappa shape index (κ2) is 6.16. The maximum atomic E-state index is 11.5. The molecule has 0 spiro atoms. The number of hydrogen-bond acceptors (Lipinski definition) is 5. The highest BCUT2D eigenvalue weighted by atomic mass is 16.6. The highest BCUT2D eigenvalue weighted by molar-refractivity contribution is 5.87. The Bertz CT molecular complexity index is 973. The molecular formula is C18H15NO5. The minimum atomic E-state index is -0.440. The van der Waals surface area contributed by atoms with E-state index in [-0.39, 0.29) is 12.3 Å². The zero-order valence-corrected chi connectivity index (χ0v) is 13.2. The summed E-state index contributed by atoms with van der Waals surface area (Å²) >= 11 is 0. The lowest BCUT2D eigenvalue weighted by atomic mass is 10.1. The molecule has 3 rings (SSSR count). The second-order valence-electron chi connectivity index (χ2n) is 5.60. The summed E-state index contributed by atoms with van der Waals surface area (Å²) in [5, 5.41) is 11.4. The van der Waals surface area contributed by atoms with Gasteiger partial charge < -0.3 is 9.15 Å². The molecule has 0 saturated carbocycles. The van der Waals surface area contributed by atoms with Gasteiger partial charge in [0.25, 0.3) is 5.69 Å². The van der Waals surface area contributed by atoms with E-state index in [2.05, 4.69) is 0 Å². The third-order valence-corrected chi connectivity index (χ3v) is 3.69. The van der Waals surface area contributed by atoms with Crippen LogP contribution in [0.15, 0.2) is 51.7 Å². The van der Waals surface area contributed by atoms with Crippen LogP contribution in [0, 0.1) is 24.0 Å². The van der Waals surface area contributed by atoms with Crippen molar-refractivity contribution in [1.29, 1.82) is 0 Å². The molecule has 0 bridgehead atoms. The van der Waals surface area contributed by atoms with Crippen LogP contribution in [0.1, 0.15) is 16.7 Å². The van der Waals surface area contributed by atoms with Gasteiger partial charge in [-0.1, -0.05) is 0 Å². The van der Waals surface area contributed by atoms with E-state index in [0.717, 1.165) is 22.1 Å². The monoisotopic (exact) mass is 325 g/mol. The number of ether oxygens (including phenoxy) is 1. The van der Waals surface area contributed by atoms with Crippen LogP contribution >= 0.6 is 0 Å². The maximum absolute atomic E-state index is 11.5. The zero-order valence-electron chi connectivity index (χ0n) is 13.2. The number of nitro groups is 1. The zero-order chi connectivity index (χ0) is 17.3. The Hall–Kier alpha value is -3.15. The fourth-order valence-electron chi connectivity index (χ4n) is 2.57. The Balaban J connectivity index is 1.92. The molecule has 0 aliphatic heterocycles. The van der Waals surface area contributed by atoms with Gasteiger partial charge in [0.15, 0.2) is 0 Å². The Morgan fingerprint density at radius 2 is 1.83 bits per heavy atom. The average Bonchev–Trinajstić information content (AvgIpc) is 2.52. The maximum Gasteiger partial charge on any atom is 0.336 e. The van der Waals surface area contributed by atoms with Gasteiger partial charge in [-0.3, -0.25) is 10.1 Å². The second-order valence-corrected chi connectivity index (χ2v) is 5.60. The first-order chi connectivity index (χ1) is 11.4. The molecule has 0 atom stereocenters. The molecule has 2 aromatic carbocycles. The first-order valence-electron chi connectivity index (χ1n) is 7.35. The van der Waals surface area contributed by atoms with Crippen molar-refractivity contribution in [2.75, 3.05) is 0 Å². The SMILES string of the molecule is Cc1cc(OCc2ccc([N+](=O)[O-])cc2)c2c(C)cc(=O)oc2c1. The molecule has 1 heterocycles. The normalized spacial score (nSPS) is 10.8. The predicted molar refractivity (Wildman–Crippen MR) is 89.4 cm³/mol. The van der Waals surface area contributed by atoms with Gasteiger partial charge in [0.1, 0.15) is 17.9 Å². The van der Waals surface area contributed by atoms with Gasteiger partial charge >= 0.3 is 5.63 Å². The van der Waals surface area contributed by atoms with Gasteiger partial charge in [-0.15, -0.1) is 0 Å². The fourth-order valence-corrected chi connectivity index (χ4v) is 2.57. The smallest absolute Gasteiger partial charge is 0.336 e. The quantitative estimate of drug-likeness (QED) is 0.413. The van der Waals surface area contributed by atoms with Gasteiger partial charge in [-0.05, 0) is 54.8 Å². The van der Waals surface area contributed by atoms with Gasteiger partial charge in [0.2, 0.25) is 0 Å². The summed E-state index contributed by atoms with van der Waals surface area (Å²) in [6, 6.07) is 11.3. The minimum absolute atomic E-state index is 0.0392. The Kier molecular flexibility index (Phi) is 4.04. The molecule has 6 nitrogen and oxygen atoms in total. The molecule has 1 aromatic heterocycles. The van der Waals surface area contributed by atoms with Crippen molar-refractivity contribution in [2.45, 2.75) is 20.5 Å². The van der Waals surface area contributed by atoms with Gasteiger partial charge in [0, 0.05) is 18.2 Å². The summed E-state index contributed by atoms with van der Waals surface area (Å²) in [5.41, 5.74) is 2.63. The minimum Gasteiger partial charge on any atom is -0.488 e. The first kappa shape index (κ1) is 15.7. The average molecular weight is 325 g/mol. The number of benzene rings is 2. The van der Waals surface area contributed by atoms with Gasteiger partial charge in [-0.25, -0.2) is 4.79 Å². The summed E-state index contributed by atoms with van der Waals surface area (Å²) in [6.07, 6.45) is 0. The highest BCUT2D eigenvalue weighted by Crippen LogP contribution is 2.30. The van der Waals surface area contributed by atoms with Crippen molar-refractivity contribution < 1.29 is 14.1 Å². The predicted octanol–water partition coefficient (Wildman–Crippen LogP) is 3.90. The molecule has 0 fully saturated rings. The van der Waals surface area contributed by atoms with Crippen molar-refractivity contribution in [3.63, 3.8) is 0 Å². The van der Waals surface area contributed by atoms with E-state index in [4.69, 9.17) is 9.15 Å². The Labute approximate surface area is 137 Å². The van der Waals surface area contributed by atoms with E-state index in [1.54, 1.807) is 18.2 Å². The van der Waals surface area contributed by atoms with Crippen molar-refractivity contribution in [1.82, 2.24) is 0 Å². The van der Waals surface area contributed by atoms with Crippen LogP contribution in [-0.2, 0) is 6.61 Å². The first-order valence-corrected chi connectivity index (χ1v) is 7.35. The van der Waals surface area contributed by atoms with Gasteiger partial charge in [-0.2, -0.15) is 0 Å². The van der Waals surface area contributed by atoms with Crippen LogP contribution in [0.2, 0.25) is 0 Å². The molecular weight excluding hydrogens is 310 g/mol. The molecule has 24 heavy (non-hydrogen) atoms. The Morgan fingerprint density at radius 1 is 1.12 bits per heavy atom. The number of nitro benzene ring substituents is 1. The van der Waals surface area contributed by atoms with Crippen molar-refractivity contribution >= 4 is 16.7 Å². The van der Waals surface area contributed by atoms with E-state index in [1.165, 1.54) is 18.2 Å². The third kappa shape index (κ3) is 3.12. The van der Waals surface area contributed by atoms with E-state index in [9.17, 15) is 14.9 Å². The third-order valence-electron chi connectivity index (χ3n) is 3.69. The van der Waals surface area contributed by atoms with Crippen molar-refractivity contribution in [3.8, 4) is 5.75 Å². The summed E-state index contributed by atoms with van der Waals surface area (Å²) < 4.78 is 11.1. The van der Waals surface area contributed by atoms with Crippen LogP contribution in [-0.4, -0.2) is 4.92 Å². The number of fused-ring (bicyclic) bond motifs is 1. The molecule has 0 aliphatic carbocycles. The van der Waals surface area contributed by atoms with E-state index >= 15 is 0 Å². The van der Waals surface area contributed by atoms with Crippen molar-refractivity contribution in [2.24, 2.45) is 0 Å². The lowest BCUT2D eigenvalue weighted by Crippen LogP contribution is -2.01. The van der Waals surface area contributed by atoms with E-state index < -0.39 is 10.5 Å².